The second kappa shape index (κ2) is 10.5. The summed E-state index contributed by atoms with van der Waals surface area (Å²) >= 11 is 0. The number of rotatable bonds is 7. The van der Waals surface area contributed by atoms with E-state index in [1.165, 1.54) is 44.8 Å². The Morgan fingerprint density at radius 1 is 1.03 bits per heavy atom. The average molecular weight is 473 g/mol. The van der Waals surface area contributed by atoms with E-state index in [1.807, 2.05) is 18.2 Å². The Labute approximate surface area is 196 Å². The zero-order valence-corrected chi connectivity index (χ0v) is 20.4. The molecule has 9 heteroatoms. The van der Waals surface area contributed by atoms with Crippen molar-refractivity contribution in [1.29, 1.82) is 0 Å². The van der Waals surface area contributed by atoms with Crippen LogP contribution >= 0.6 is 0 Å². The predicted molar refractivity (Wildman–Crippen MR) is 129 cm³/mol. The van der Waals surface area contributed by atoms with Crippen molar-refractivity contribution in [3.05, 3.63) is 59.7 Å². The highest BCUT2D eigenvalue weighted by molar-refractivity contribution is 7.89. The maximum Gasteiger partial charge on any atom is 0.256 e. The number of amides is 2. The van der Waals surface area contributed by atoms with E-state index in [9.17, 15) is 18.0 Å². The summed E-state index contributed by atoms with van der Waals surface area (Å²) in [6, 6.07) is 14.6. The molecular weight excluding hydrogens is 440 g/mol. The number of hydrogen-bond acceptors (Lipinski definition) is 5. The van der Waals surface area contributed by atoms with Gasteiger partial charge in [-0.1, -0.05) is 37.3 Å². The lowest BCUT2D eigenvalue weighted by Crippen LogP contribution is -2.49. The third-order valence-electron chi connectivity index (χ3n) is 5.87. The fourth-order valence-corrected chi connectivity index (χ4v) is 4.88. The van der Waals surface area contributed by atoms with Crippen molar-refractivity contribution in [1.82, 2.24) is 14.1 Å². The number of anilines is 1. The topological polar surface area (TPSA) is 90.0 Å². The zero-order chi connectivity index (χ0) is 24.2. The summed E-state index contributed by atoms with van der Waals surface area (Å²) in [5.74, 6) is -0.231. The number of carbonyl (C=O) groups is 2. The molecule has 2 amide bonds. The summed E-state index contributed by atoms with van der Waals surface area (Å²) in [4.78, 5) is 29.1. The minimum absolute atomic E-state index is 0.0141. The monoisotopic (exact) mass is 472 g/mol. The van der Waals surface area contributed by atoms with E-state index < -0.39 is 10.0 Å². The van der Waals surface area contributed by atoms with Crippen LogP contribution in [0, 0.1) is 0 Å². The largest absolute Gasteiger partial charge is 0.336 e. The number of piperazine rings is 1. The van der Waals surface area contributed by atoms with Gasteiger partial charge in [-0.15, -0.1) is 0 Å². The van der Waals surface area contributed by atoms with Gasteiger partial charge in [0.15, 0.2) is 0 Å². The molecule has 1 heterocycles. The van der Waals surface area contributed by atoms with Crippen molar-refractivity contribution in [3.8, 4) is 0 Å². The predicted octanol–water partition coefficient (Wildman–Crippen LogP) is 2.46. The van der Waals surface area contributed by atoms with Gasteiger partial charge in [0, 0.05) is 53.7 Å². The summed E-state index contributed by atoms with van der Waals surface area (Å²) in [7, 11) is -0.838. The van der Waals surface area contributed by atoms with Gasteiger partial charge in [-0.3, -0.25) is 14.5 Å². The van der Waals surface area contributed by atoms with Crippen LogP contribution in [0.1, 0.15) is 35.7 Å². The van der Waals surface area contributed by atoms with Crippen LogP contribution in [0.15, 0.2) is 53.4 Å². The molecule has 2 aromatic rings. The van der Waals surface area contributed by atoms with Crippen LogP contribution in [0.4, 0.5) is 5.69 Å². The Morgan fingerprint density at radius 3 is 2.24 bits per heavy atom. The van der Waals surface area contributed by atoms with E-state index in [4.69, 9.17) is 0 Å². The molecular formula is C24H32N4O4S. The van der Waals surface area contributed by atoms with Crippen LogP contribution in [-0.2, 0) is 14.8 Å². The molecule has 0 aromatic heterocycles. The van der Waals surface area contributed by atoms with Gasteiger partial charge in [0.05, 0.1) is 16.1 Å². The molecule has 1 unspecified atom stereocenters. The normalized spacial score (nSPS) is 16.0. The second-order valence-electron chi connectivity index (χ2n) is 8.58. The van der Waals surface area contributed by atoms with Gasteiger partial charge in [-0.05, 0) is 29.7 Å². The molecule has 1 aliphatic rings. The Morgan fingerprint density at radius 2 is 1.67 bits per heavy atom. The van der Waals surface area contributed by atoms with Gasteiger partial charge in [-0.2, -0.15) is 0 Å². The molecule has 0 spiro atoms. The van der Waals surface area contributed by atoms with Gasteiger partial charge in [-0.25, -0.2) is 12.7 Å². The van der Waals surface area contributed by atoms with Gasteiger partial charge < -0.3 is 10.2 Å². The van der Waals surface area contributed by atoms with E-state index >= 15 is 0 Å². The van der Waals surface area contributed by atoms with E-state index in [-0.39, 0.29) is 22.3 Å². The van der Waals surface area contributed by atoms with Crippen LogP contribution in [0.5, 0.6) is 0 Å². The Balaban J connectivity index is 1.74. The van der Waals surface area contributed by atoms with Crippen molar-refractivity contribution in [2.45, 2.75) is 24.7 Å². The van der Waals surface area contributed by atoms with E-state index in [1.54, 1.807) is 4.90 Å². The summed E-state index contributed by atoms with van der Waals surface area (Å²) in [6.07, 6.45) is 0. The molecule has 1 atom stereocenters. The number of carbonyl (C=O) groups excluding carboxylic acids is 2. The summed E-state index contributed by atoms with van der Waals surface area (Å²) in [6.45, 7) is 6.98. The van der Waals surface area contributed by atoms with E-state index in [2.05, 4.69) is 29.3 Å². The minimum atomic E-state index is -3.72. The van der Waals surface area contributed by atoms with Crippen molar-refractivity contribution in [3.63, 3.8) is 0 Å². The molecule has 2 aromatic carbocycles. The van der Waals surface area contributed by atoms with Crippen molar-refractivity contribution in [2.75, 3.05) is 52.1 Å². The number of nitrogens with zero attached hydrogens (tertiary/aromatic N) is 3. The molecule has 3 rings (SSSR count). The molecule has 1 aliphatic heterocycles. The lowest BCUT2D eigenvalue weighted by Gasteiger charge is -2.36. The molecule has 1 N–H and O–H groups in total. The molecule has 0 aliphatic carbocycles. The number of benzene rings is 2. The average Bonchev–Trinajstić information content (AvgIpc) is 2.79. The summed E-state index contributed by atoms with van der Waals surface area (Å²) in [5, 5.41) is 2.65. The van der Waals surface area contributed by atoms with Crippen LogP contribution in [0.2, 0.25) is 0 Å². The molecule has 0 radical (unpaired) electrons. The zero-order valence-electron chi connectivity index (χ0n) is 19.6. The highest BCUT2D eigenvalue weighted by Gasteiger charge is 2.27. The lowest BCUT2D eigenvalue weighted by atomic mass is 10.0. The van der Waals surface area contributed by atoms with Gasteiger partial charge in [0.2, 0.25) is 15.9 Å². The van der Waals surface area contributed by atoms with Crippen LogP contribution in [-0.4, -0.2) is 81.2 Å². The third kappa shape index (κ3) is 5.98. The molecule has 1 fully saturated rings. The fourth-order valence-electron chi connectivity index (χ4n) is 3.95. The Kier molecular flexibility index (Phi) is 7.88. The smallest absolute Gasteiger partial charge is 0.256 e. The highest BCUT2D eigenvalue weighted by atomic mass is 32.2. The quantitative estimate of drug-likeness (QED) is 0.669. The van der Waals surface area contributed by atoms with Crippen molar-refractivity contribution < 1.29 is 18.0 Å². The summed E-state index contributed by atoms with van der Waals surface area (Å²) < 4.78 is 26.3. The fraction of sp³-hybridized carbons (Fsp3) is 0.417. The molecule has 33 heavy (non-hydrogen) atoms. The van der Waals surface area contributed by atoms with Gasteiger partial charge >= 0.3 is 0 Å². The van der Waals surface area contributed by atoms with Crippen LogP contribution < -0.4 is 5.32 Å². The second-order valence-corrected chi connectivity index (χ2v) is 10.7. The molecule has 0 bridgehead atoms. The molecule has 0 saturated carbocycles. The first-order valence-corrected chi connectivity index (χ1v) is 12.4. The highest BCUT2D eigenvalue weighted by Crippen LogP contribution is 2.25. The first kappa shape index (κ1) is 24.9. The molecule has 1 saturated heterocycles. The third-order valence-corrected chi connectivity index (χ3v) is 7.68. The van der Waals surface area contributed by atoms with Gasteiger partial charge in [0.1, 0.15) is 0 Å². The molecule has 8 nitrogen and oxygen atoms in total. The van der Waals surface area contributed by atoms with Gasteiger partial charge in [0.25, 0.3) is 5.91 Å². The Hall–Kier alpha value is -2.75. The van der Waals surface area contributed by atoms with Crippen molar-refractivity contribution >= 4 is 27.5 Å². The van der Waals surface area contributed by atoms with Crippen molar-refractivity contribution in [2.24, 2.45) is 0 Å². The van der Waals surface area contributed by atoms with Crippen LogP contribution in [0.3, 0.4) is 0 Å². The maximum atomic E-state index is 13.3. The van der Waals surface area contributed by atoms with E-state index in [0.29, 0.717) is 24.7 Å². The summed E-state index contributed by atoms with van der Waals surface area (Å²) in [5.41, 5.74) is 1.78. The van der Waals surface area contributed by atoms with Crippen LogP contribution in [0.25, 0.3) is 0 Å². The Bertz CT molecular complexity index is 1090. The number of sulfonamides is 1. The molecule has 178 valence electrons. The van der Waals surface area contributed by atoms with E-state index in [0.717, 1.165) is 23.9 Å². The first-order chi connectivity index (χ1) is 15.6. The lowest BCUT2D eigenvalue weighted by molar-refractivity contribution is -0.114. The first-order valence-electron chi connectivity index (χ1n) is 11.0. The standard InChI is InChI=1S/C24H32N4O4S/c1-18(20-8-6-5-7-9-20)17-27-12-14-28(15-13-27)24(30)22-16-21(33(31,32)26(3)4)10-11-23(22)25-19(2)29/h5-11,16,18H,12-15,17H2,1-4H3,(H,25,29). The maximum absolute atomic E-state index is 13.3. The number of hydrogen-bond donors (Lipinski definition) is 1. The minimum Gasteiger partial charge on any atom is -0.336 e. The SMILES string of the molecule is CC(=O)Nc1ccc(S(=O)(=O)N(C)C)cc1C(=O)N1CCN(CC(C)c2ccccc2)CC1. The number of nitrogens with one attached hydrogen (secondary N) is 1.